The minimum atomic E-state index is -4.96. The monoisotopic (exact) mass is 1350 g/mol. The first kappa shape index (κ1) is 90.1. The number of rotatable bonds is 70. The Morgan fingerprint density at radius 1 is 0.304 bits per heavy atom. The number of carbonyl (C=O) groups excluding carboxylic acids is 4. The van der Waals surface area contributed by atoms with Gasteiger partial charge in [-0.25, -0.2) is 9.13 Å². The Morgan fingerprint density at radius 3 is 0.772 bits per heavy atom. The molecule has 4 unspecified atom stereocenters. The maximum atomic E-state index is 13.1. The molecule has 0 radical (unpaired) electrons. The van der Waals surface area contributed by atoms with Crippen molar-refractivity contribution in [2.24, 2.45) is 23.7 Å². The van der Waals surface area contributed by atoms with Crippen molar-refractivity contribution < 1.29 is 80.2 Å². The Hall–Kier alpha value is -1.94. The van der Waals surface area contributed by atoms with Gasteiger partial charge in [-0.15, -0.1) is 0 Å². The lowest BCUT2D eigenvalue weighted by Crippen LogP contribution is -2.30. The number of hydrogen-bond acceptors (Lipinski definition) is 15. The summed E-state index contributed by atoms with van der Waals surface area (Å²) in [4.78, 5) is 72.7. The Balaban J connectivity index is 5.26. The zero-order valence-electron chi connectivity index (χ0n) is 60.2. The van der Waals surface area contributed by atoms with E-state index in [2.05, 4.69) is 55.4 Å². The highest BCUT2D eigenvalue weighted by molar-refractivity contribution is 7.47. The van der Waals surface area contributed by atoms with E-state index in [0.717, 1.165) is 114 Å². The number of hydrogen-bond donors (Lipinski definition) is 3. The Labute approximate surface area is 562 Å². The SMILES string of the molecule is CCC(C)CCCCCCCCCCC(=O)O[C@H](COC(=O)CCCCCCCCCC(C)C)COP(=O)(O)OCC(O)COP(=O)(O)OC[C@@H](COC(=O)CCCCCCCCCCCCCCCC(C)C)OC(=O)CCCCCCCCCCCCCC(C)C. The summed E-state index contributed by atoms with van der Waals surface area (Å²) < 4.78 is 68.4. The lowest BCUT2D eigenvalue weighted by Gasteiger charge is -2.21. The smallest absolute Gasteiger partial charge is 0.462 e. The number of aliphatic hydroxyl groups is 1. The maximum Gasteiger partial charge on any atom is 0.472 e. The highest BCUT2D eigenvalue weighted by atomic mass is 31.2. The third kappa shape index (κ3) is 65.4. The summed E-state index contributed by atoms with van der Waals surface area (Å²) in [5, 5.41) is 10.6. The van der Waals surface area contributed by atoms with Crippen LogP contribution in [0.4, 0.5) is 0 Å². The molecule has 92 heavy (non-hydrogen) atoms. The largest absolute Gasteiger partial charge is 0.472 e. The standard InChI is InChI=1S/C73H142O17P2/c1-9-66(8)52-44-36-28-22-23-31-40-48-56-73(78)90-69(60-84-71(76)54-46-38-32-24-27-35-43-51-65(6)7)62-88-92(81,82)86-58-67(74)57-85-91(79,80)87-61-68(89-72(77)55-47-39-30-21-17-13-15-19-26-34-42-50-64(4)5)59-83-70(75)53-45-37-29-20-16-12-10-11-14-18-25-33-41-49-63(2)3/h63-69,74H,9-62H2,1-8H3,(H,79,80)(H,81,82)/t66?,67?,68-,69-/m1/s1. The van der Waals surface area contributed by atoms with E-state index in [9.17, 15) is 43.2 Å². The van der Waals surface area contributed by atoms with E-state index < -0.39 is 97.5 Å². The van der Waals surface area contributed by atoms with Crippen LogP contribution in [-0.4, -0.2) is 96.7 Å². The molecule has 0 bridgehead atoms. The number of carbonyl (C=O) groups is 4. The molecule has 0 aromatic carbocycles. The van der Waals surface area contributed by atoms with E-state index in [4.69, 9.17) is 37.0 Å². The molecule has 0 rings (SSSR count). The van der Waals surface area contributed by atoms with Crippen LogP contribution in [0.1, 0.15) is 364 Å². The Kier molecular flexibility index (Phi) is 61.3. The fourth-order valence-corrected chi connectivity index (χ4v) is 12.6. The van der Waals surface area contributed by atoms with E-state index in [1.165, 1.54) is 161 Å². The third-order valence-corrected chi connectivity index (χ3v) is 19.1. The number of esters is 4. The second-order valence-corrected chi connectivity index (χ2v) is 30.9. The van der Waals surface area contributed by atoms with Gasteiger partial charge < -0.3 is 33.8 Å². The molecule has 17 nitrogen and oxygen atoms in total. The van der Waals surface area contributed by atoms with E-state index in [-0.39, 0.29) is 25.7 Å². The number of phosphoric acid groups is 2. The molecule has 0 saturated heterocycles. The van der Waals surface area contributed by atoms with Gasteiger partial charge in [0.25, 0.3) is 0 Å². The van der Waals surface area contributed by atoms with Crippen molar-refractivity contribution in [3.05, 3.63) is 0 Å². The van der Waals surface area contributed by atoms with Crippen molar-refractivity contribution in [2.75, 3.05) is 39.6 Å². The molecular weight excluding hydrogens is 1210 g/mol. The highest BCUT2D eigenvalue weighted by Crippen LogP contribution is 2.45. The molecule has 0 aliphatic rings. The fraction of sp³-hybridized carbons (Fsp3) is 0.945. The summed E-state index contributed by atoms with van der Waals surface area (Å²) in [7, 11) is -9.91. The van der Waals surface area contributed by atoms with Crippen LogP contribution in [0.5, 0.6) is 0 Å². The van der Waals surface area contributed by atoms with E-state index in [0.29, 0.717) is 31.6 Å². The van der Waals surface area contributed by atoms with Gasteiger partial charge >= 0.3 is 39.5 Å². The van der Waals surface area contributed by atoms with Gasteiger partial charge in [0.05, 0.1) is 26.4 Å². The van der Waals surface area contributed by atoms with Gasteiger partial charge in [0.15, 0.2) is 12.2 Å². The zero-order chi connectivity index (χ0) is 68.2. The molecule has 0 heterocycles. The molecule has 0 amide bonds. The average molecular weight is 1350 g/mol. The summed E-state index contributed by atoms with van der Waals surface area (Å²) in [5.41, 5.74) is 0. The van der Waals surface area contributed by atoms with Gasteiger partial charge in [0.2, 0.25) is 0 Å². The van der Waals surface area contributed by atoms with Gasteiger partial charge in [0, 0.05) is 25.7 Å². The van der Waals surface area contributed by atoms with Crippen LogP contribution < -0.4 is 0 Å². The first-order valence-corrected chi connectivity index (χ1v) is 40.7. The minimum Gasteiger partial charge on any atom is -0.462 e. The van der Waals surface area contributed by atoms with Crippen LogP contribution in [0.15, 0.2) is 0 Å². The molecule has 0 aromatic heterocycles. The predicted molar refractivity (Wildman–Crippen MR) is 372 cm³/mol. The van der Waals surface area contributed by atoms with Gasteiger partial charge in [-0.3, -0.25) is 37.3 Å². The van der Waals surface area contributed by atoms with Gasteiger partial charge in [-0.2, -0.15) is 0 Å². The number of unbranched alkanes of at least 4 members (excludes halogenated alkanes) is 35. The highest BCUT2D eigenvalue weighted by Gasteiger charge is 2.30. The molecule has 6 atom stereocenters. The number of ether oxygens (including phenoxy) is 4. The molecule has 0 fully saturated rings. The predicted octanol–water partition coefficient (Wildman–Crippen LogP) is 20.9. The van der Waals surface area contributed by atoms with E-state index in [1.807, 2.05) is 0 Å². The van der Waals surface area contributed by atoms with Crippen molar-refractivity contribution in [3.8, 4) is 0 Å². The first-order valence-electron chi connectivity index (χ1n) is 37.7. The molecule has 546 valence electrons. The zero-order valence-corrected chi connectivity index (χ0v) is 62.0. The Bertz CT molecular complexity index is 1820. The topological polar surface area (TPSA) is 237 Å². The summed E-state index contributed by atoms with van der Waals surface area (Å²) in [5.74, 6) is 0.904. The average Bonchev–Trinajstić information content (AvgIpc) is 1.84. The van der Waals surface area contributed by atoms with Crippen LogP contribution >= 0.6 is 15.6 Å². The second kappa shape index (κ2) is 62.6. The lowest BCUT2D eigenvalue weighted by atomic mass is 9.99. The lowest BCUT2D eigenvalue weighted by molar-refractivity contribution is -0.161. The third-order valence-electron chi connectivity index (χ3n) is 17.2. The molecular formula is C73H142O17P2. The van der Waals surface area contributed by atoms with Crippen molar-refractivity contribution in [1.29, 1.82) is 0 Å². The first-order chi connectivity index (χ1) is 44.1. The van der Waals surface area contributed by atoms with Crippen molar-refractivity contribution in [2.45, 2.75) is 382 Å². The summed E-state index contributed by atoms with van der Waals surface area (Å²) in [6.07, 6.45) is 45.8. The molecule has 19 heteroatoms. The Morgan fingerprint density at radius 2 is 0.522 bits per heavy atom. The van der Waals surface area contributed by atoms with Crippen molar-refractivity contribution in [1.82, 2.24) is 0 Å². The van der Waals surface area contributed by atoms with Crippen LogP contribution in [0.3, 0.4) is 0 Å². The fourth-order valence-electron chi connectivity index (χ4n) is 11.0. The molecule has 0 spiro atoms. The minimum absolute atomic E-state index is 0.104. The van der Waals surface area contributed by atoms with Crippen LogP contribution in [0, 0.1) is 23.7 Å². The van der Waals surface area contributed by atoms with Crippen molar-refractivity contribution in [3.63, 3.8) is 0 Å². The van der Waals surface area contributed by atoms with Gasteiger partial charge in [-0.1, -0.05) is 312 Å². The van der Waals surface area contributed by atoms with Gasteiger partial charge in [0.1, 0.15) is 19.3 Å². The van der Waals surface area contributed by atoms with Gasteiger partial charge in [-0.05, 0) is 49.4 Å². The van der Waals surface area contributed by atoms with Crippen molar-refractivity contribution >= 4 is 39.5 Å². The molecule has 3 N–H and O–H groups in total. The summed E-state index contributed by atoms with van der Waals surface area (Å²) >= 11 is 0. The second-order valence-electron chi connectivity index (χ2n) is 28.0. The quantitative estimate of drug-likeness (QED) is 0.0222. The van der Waals surface area contributed by atoms with Crippen LogP contribution in [0.25, 0.3) is 0 Å². The molecule has 0 aliphatic heterocycles. The van der Waals surface area contributed by atoms with E-state index in [1.54, 1.807) is 0 Å². The van der Waals surface area contributed by atoms with Crippen LogP contribution in [0.2, 0.25) is 0 Å². The molecule has 0 aliphatic carbocycles. The molecule has 0 aromatic rings. The van der Waals surface area contributed by atoms with E-state index >= 15 is 0 Å². The molecule has 0 saturated carbocycles. The normalized spacial score (nSPS) is 14.5. The summed E-state index contributed by atoms with van der Waals surface area (Å²) in [6, 6.07) is 0. The summed E-state index contributed by atoms with van der Waals surface area (Å²) in [6.45, 7) is 14.1. The van der Waals surface area contributed by atoms with Crippen LogP contribution in [-0.2, 0) is 65.4 Å². The number of aliphatic hydroxyl groups excluding tert-OH is 1. The number of phosphoric ester groups is 2. The maximum absolute atomic E-state index is 13.1.